The van der Waals surface area contributed by atoms with Gasteiger partial charge in [-0.25, -0.2) is 0 Å². The Hall–Kier alpha value is -1.58. The van der Waals surface area contributed by atoms with Gasteiger partial charge in [0.15, 0.2) is 5.43 Å². The van der Waals surface area contributed by atoms with E-state index in [1.54, 1.807) is 11.8 Å². The molecule has 4 heteroatoms. The molecule has 1 aromatic heterocycles. The van der Waals surface area contributed by atoms with E-state index < -0.39 is 0 Å². The molecule has 0 bridgehead atoms. The van der Waals surface area contributed by atoms with Crippen LogP contribution in [-0.2, 0) is 0 Å². The minimum atomic E-state index is -0.190. The van der Waals surface area contributed by atoms with Crippen LogP contribution in [-0.4, -0.2) is 28.9 Å². The molecule has 1 amide bonds. The van der Waals surface area contributed by atoms with E-state index in [2.05, 4.69) is 11.9 Å². The van der Waals surface area contributed by atoms with Crippen LogP contribution in [0.4, 0.5) is 0 Å². The molecular weight excluding hydrogens is 216 g/mol. The molecule has 0 aliphatic carbocycles. The van der Waals surface area contributed by atoms with Gasteiger partial charge < -0.3 is 9.88 Å². The Morgan fingerprint density at radius 1 is 1.41 bits per heavy atom. The van der Waals surface area contributed by atoms with Crippen LogP contribution in [0.1, 0.15) is 35.8 Å². The first-order valence-corrected chi connectivity index (χ1v) is 6.06. The average Bonchev–Trinajstić information content (AvgIpc) is 2.29. The summed E-state index contributed by atoms with van der Waals surface area (Å²) in [5, 5.41) is 0. The molecule has 0 spiro atoms. The van der Waals surface area contributed by atoms with Gasteiger partial charge in [-0.2, -0.15) is 0 Å². The maximum Gasteiger partial charge on any atom is 0.259 e. The molecule has 4 nitrogen and oxygen atoms in total. The van der Waals surface area contributed by atoms with Gasteiger partial charge in [-0.1, -0.05) is 6.92 Å². The number of hydrogen-bond acceptors (Lipinski definition) is 2. The van der Waals surface area contributed by atoms with Crippen LogP contribution in [0.15, 0.2) is 17.1 Å². The topological polar surface area (TPSA) is 53.2 Å². The molecule has 0 saturated carbocycles. The Balaban J connectivity index is 2.17. The standard InChI is InChI=1S/C13H18N2O2/c1-9-3-5-15(6-4-9)13(17)11-8-14-10(2)7-12(11)16/h7-9H,3-6H2,1-2H3,(H,14,16). The Labute approximate surface area is 101 Å². The van der Waals surface area contributed by atoms with Crippen LogP contribution in [0.25, 0.3) is 0 Å². The van der Waals surface area contributed by atoms with Crippen LogP contribution in [0, 0.1) is 12.8 Å². The van der Waals surface area contributed by atoms with E-state index in [9.17, 15) is 9.59 Å². The number of nitrogens with one attached hydrogen (secondary N) is 1. The fourth-order valence-electron chi connectivity index (χ4n) is 2.12. The summed E-state index contributed by atoms with van der Waals surface area (Å²) in [4.78, 5) is 28.6. The van der Waals surface area contributed by atoms with Crippen molar-refractivity contribution < 1.29 is 4.79 Å². The second kappa shape index (κ2) is 4.73. The van der Waals surface area contributed by atoms with Crippen molar-refractivity contribution in [2.45, 2.75) is 26.7 Å². The number of hydrogen-bond donors (Lipinski definition) is 1. The highest BCUT2D eigenvalue weighted by molar-refractivity contribution is 5.93. The zero-order valence-electron chi connectivity index (χ0n) is 10.3. The predicted octanol–water partition coefficient (Wildman–Crippen LogP) is 1.56. The van der Waals surface area contributed by atoms with Gasteiger partial charge >= 0.3 is 0 Å². The minimum Gasteiger partial charge on any atom is -0.364 e. The normalized spacial score (nSPS) is 17.2. The number of amides is 1. The summed E-state index contributed by atoms with van der Waals surface area (Å²) in [6.07, 6.45) is 3.57. The second-order valence-electron chi connectivity index (χ2n) is 4.87. The number of aromatic nitrogens is 1. The third-order valence-corrected chi connectivity index (χ3v) is 3.36. The van der Waals surface area contributed by atoms with E-state index in [1.807, 2.05) is 0 Å². The van der Waals surface area contributed by atoms with Crippen molar-refractivity contribution in [2.24, 2.45) is 5.92 Å². The molecular formula is C13H18N2O2. The summed E-state index contributed by atoms with van der Waals surface area (Å²) < 4.78 is 0. The van der Waals surface area contributed by atoms with Crippen LogP contribution in [0.5, 0.6) is 0 Å². The molecule has 0 radical (unpaired) electrons. The van der Waals surface area contributed by atoms with Crippen molar-refractivity contribution in [3.63, 3.8) is 0 Å². The van der Waals surface area contributed by atoms with Crippen LogP contribution < -0.4 is 5.43 Å². The molecule has 1 aliphatic heterocycles. The number of pyridine rings is 1. The summed E-state index contributed by atoms with van der Waals surface area (Å²) in [5.74, 6) is 0.536. The number of carbonyl (C=O) groups is 1. The first-order chi connectivity index (χ1) is 8.08. The Morgan fingerprint density at radius 2 is 2.06 bits per heavy atom. The van der Waals surface area contributed by atoms with Gasteiger partial charge in [0.2, 0.25) is 0 Å². The van der Waals surface area contributed by atoms with Crippen molar-refractivity contribution in [1.82, 2.24) is 9.88 Å². The SMILES string of the molecule is Cc1cc(=O)c(C(=O)N2CCC(C)CC2)c[nH]1. The van der Waals surface area contributed by atoms with Crippen molar-refractivity contribution >= 4 is 5.91 Å². The maximum absolute atomic E-state index is 12.1. The summed E-state index contributed by atoms with van der Waals surface area (Å²) in [7, 11) is 0. The zero-order chi connectivity index (χ0) is 12.4. The van der Waals surface area contributed by atoms with Crippen molar-refractivity contribution in [2.75, 3.05) is 13.1 Å². The number of rotatable bonds is 1. The molecule has 2 heterocycles. The second-order valence-corrected chi connectivity index (χ2v) is 4.87. The molecule has 0 atom stereocenters. The number of aromatic amines is 1. The lowest BCUT2D eigenvalue weighted by Gasteiger charge is -2.30. The number of likely N-dealkylation sites (tertiary alicyclic amines) is 1. The highest BCUT2D eigenvalue weighted by atomic mass is 16.2. The average molecular weight is 234 g/mol. The third kappa shape index (κ3) is 2.57. The van der Waals surface area contributed by atoms with E-state index >= 15 is 0 Å². The lowest BCUT2D eigenvalue weighted by Crippen LogP contribution is -2.39. The summed E-state index contributed by atoms with van der Waals surface area (Å²) in [5.41, 5.74) is 0.842. The molecule has 1 saturated heterocycles. The molecule has 1 fully saturated rings. The van der Waals surface area contributed by atoms with Gasteiger partial charge in [-0.3, -0.25) is 9.59 Å². The molecule has 1 aromatic rings. The lowest BCUT2D eigenvalue weighted by atomic mass is 9.99. The smallest absolute Gasteiger partial charge is 0.259 e. The molecule has 0 aromatic carbocycles. The van der Waals surface area contributed by atoms with Gasteiger partial charge in [0.25, 0.3) is 5.91 Å². The van der Waals surface area contributed by atoms with Crippen LogP contribution in [0.3, 0.4) is 0 Å². The first kappa shape index (κ1) is 11.9. The van der Waals surface area contributed by atoms with Gasteiger partial charge in [0.05, 0.1) is 0 Å². The summed E-state index contributed by atoms with van der Waals surface area (Å²) in [6, 6.07) is 1.47. The highest BCUT2D eigenvalue weighted by Gasteiger charge is 2.22. The molecule has 92 valence electrons. The summed E-state index contributed by atoms with van der Waals surface area (Å²) >= 11 is 0. The van der Waals surface area contributed by atoms with Gasteiger partial charge in [-0.05, 0) is 25.7 Å². The fraction of sp³-hybridized carbons (Fsp3) is 0.538. The Bertz CT molecular complexity index is 471. The fourth-order valence-corrected chi connectivity index (χ4v) is 2.12. The van der Waals surface area contributed by atoms with E-state index in [0.717, 1.165) is 31.6 Å². The molecule has 17 heavy (non-hydrogen) atoms. The molecule has 0 unspecified atom stereocenters. The molecule has 1 N–H and O–H groups in total. The molecule has 1 aliphatic rings. The molecule has 2 rings (SSSR count). The monoisotopic (exact) mass is 234 g/mol. The number of nitrogens with zero attached hydrogens (tertiary/aromatic N) is 1. The quantitative estimate of drug-likeness (QED) is 0.801. The lowest BCUT2D eigenvalue weighted by molar-refractivity contribution is 0.0695. The van der Waals surface area contributed by atoms with Crippen LogP contribution >= 0.6 is 0 Å². The Kier molecular flexibility index (Phi) is 3.31. The van der Waals surface area contributed by atoms with Crippen molar-refractivity contribution in [3.05, 3.63) is 33.7 Å². The van der Waals surface area contributed by atoms with Crippen LogP contribution in [0.2, 0.25) is 0 Å². The third-order valence-electron chi connectivity index (χ3n) is 3.36. The van der Waals surface area contributed by atoms with Gasteiger partial charge in [0.1, 0.15) is 5.56 Å². The number of piperidine rings is 1. The van der Waals surface area contributed by atoms with E-state index in [-0.39, 0.29) is 16.9 Å². The summed E-state index contributed by atoms with van der Waals surface area (Å²) in [6.45, 7) is 5.51. The number of H-pyrrole nitrogens is 1. The Morgan fingerprint density at radius 3 is 2.65 bits per heavy atom. The zero-order valence-corrected chi connectivity index (χ0v) is 10.3. The van der Waals surface area contributed by atoms with Crippen molar-refractivity contribution in [1.29, 1.82) is 0 Å². The first-order valence-electron chi connectivity index (χ1n) is 6.06. The van der Waals surface area contributed by atoms with E-state index in [1.165, 1.54) is 12.3 Å². The maximum atomic E-state index is 12.1. The van der Waals surface area contributed by atoms with Gasteiger partial charge in [-0.15, -0.1) is 0 Å². The number of carbonyl (C=O) groups excluding carboxylic acids is 1. The largest absolute Gasteiger partial charge is 0.364 e. The number of aryl methyl sites for hydroxylation is 1. The predicted molar refractivity (Wildman–Crippen MR) is 66.1 cm³/mol. The van der Waals surface area contributed by atoms with E-state index in [0.29, 0.717) is 5.92 Å². The minimum absolute atomic E-state index is 0.141. The van der Waals surface area contributed by atoms with Crippen molar-refractivity contribution in [3.8, 4) is 0 Å². The van der Waals surface area contributed by atoms with Gasteiger partial charge in [0, 0.05) is 31.0 Å². The van der Waals surface area contributed by atoms with E-state index in [4.69, 9.17) is 0 Å². The highest BCUT2D eigenvalue weighted by Crippen LogP contribution is 2.17.